The van der Waals surface area contributed by atoms with E-state index in [4.69, 9.17) is 10.2 Å². The van der Waals surface area contributed by atoms with E-state index in [0.29, 0.717) is 23.9 Å². The molecule has 2 aromatic rings. The first-order chi connectivity index (χ1) is 9.55. The van der Waals surface area contributed by atoms with Gasteiger partial charge in [-0.3, -0.25) is 4.79 Å². The van der Waals surface area contributed by atoms with E-state index >= 15 is 0 Å². The summed E-state index contributed by atoms with van der Waals surface area (Å²) >= 11 is 1.49. The topological polar surface area (TPSA) is 81.2 Å². The average Bonchev–Trinajstić information content (AvgIpc) is 2.81. The number of aromatic nitrogens is 1. The number of carbonyl (C=O) groups is 1. The highest BCUT2D eigenvalue weighted by Gasteiger charge is 2.29. The third-order valence-corrected chi connectivity index (χ3v) is 4.04. The Morgan fingerprint density at radius 2 is 2.25 bits per heavy atom. The van der Waals surface area contributed by atoms with Crippen LogP contribution in [0.2, 0.25) is 0 Å². The molecule has 0 radical (unpaired) electrons. The van der Waals surface area contributed by atoms with E-state index in [9.17, 15) is 4.79 Å². The van der Waals surface area contributed by atoms with Gasteiger partial charge in [-0.25, -0.2) is 4.98 Å². The number of carbonyl (C=O) groups excluding carboxylic acids is 1. The van der Waals surface area contributed by atoms with Crippen LogP contribution in [0.25, 0.3) is 11.1 Å². The second kappa shape index (κ2) is 6.28. The van der Waals surface area contributed by atoms with Crippen LogP contribution in [0.5, 0.6) is 0 Å². The van der Waals surface area contributed by atoms with Gasteiger partial charge in [-0.15, -0.1) is 0 Å². The van der Waals surface area contributed by atoms with E-state index in [1.807, 2.05) is 38.1 Å². The van der Waals surface area contributed by atoms with Crippen molar-refractivity contribution in [2.75, 3.05) is 12.3 Å². The molecule has 20 heavy (non-hydrogen) atoms. The van der Waals surface area contributed by atoms with Gasteiger partial charge in [-0.05, 0) is 32.0 Å². The summed E-state index contributed by atoms with van der Waals surface area (Å²) < 4.78 is 5.62. The molecule has 5 nitrogen and oxygen atoms in total. The van der Waals surface area contributed by atoms with Gasteiger partial charge >= 0.3 is 0 Å². The van der Waals surface area contributed by atoms with Crippen molar-refractivity contribution in [3.05, 3.63) is 24.3 Å². The molecule has 0 aliphatic heterocycles. The first kappa shape index (κ1) is 14.9. The molecule has 0 saturated heterocycles. The first-order valence-corrected chi connectivity index (χ1v) is 7.57. The van der Waals surface area contributed by atoms with Crippen molar-refractivity contribution in [2.45, 2.75) is 31.0 Å². The molecule has 1 aromatic heterocycles. The minimum Gasteiger partial charge on any atom is -0.431 e. The van der Waals surface area contributed by atoms with Crippen molar-refractivity contribution in [3.63, 3.8) is 0 Å². The zero-order valence-corrected chi connectivity index (χ0v) is 12.5. The van der Waals surface area contributed by atoms with Crippen molar-refractivity contribution in [3.8, 4) is 0 Å². The van der Waals surface area contributed by atoms with Crippen LogP contribution < -0.4 is 11.1 Å². The Morgan fingerprint density at radius 1 is 1.50 bits per heavy atom. The van der Waals surface area contributed by atoms with Gasteiger partial charge in [0, 0.05) is 5.75 Å². The quantitative estimate of drug-likeness (QED) is 0.765. The van der Waals surface area contributed by atoms with Crippen LogP contribution in [0.1, 0.15) is 20.3 Å². The van der Waals surface area contributed by atoms with Crippen molar-refractivity contribution >= 4 is 28.8 Å². The third-order valence-electron chi connectivity index (χ3n) is 3.21. The molecule has 1 amide bonds. The van der Waals surface area contributed by atoms with Crippen LogP contribution >= 0.6 is 11.8 Å². The summed E-state index contributed by atoms with van der Waals surface area (Å²) in [5.74, 6) is 0.372. The van der Waals surface area contributed by atoms with Crippen LogP contribution in [0.15, 0.2) is 33.9 Å². The number of rotatable bonds is 7. The number of para-hydroxylation sites is 2. The van der Waals surface area contributed by atoms with Crippen LogP contribution in [-0.4, -0.2) is 28.7 Å². The second-order valence-corrected chi connectivity index (χ2v) is 5.82. The molecule has 1 unspecified atom stereocenters. The lowest BCUT2D eigenvalue weighted by molar-refractivity contribution is -0.123. The van der Waals surface area contributed by atoms with E-state index in [2.05, 4.69) is 10.3 Å². The van der Waals surface area contributed by atoms with Crippen molar-refractivity contribution in [1.29, 1.82) is 0 Å². The highest BCUT2D eigenvalue weighted by molar-refractivity contribution is 7.99. The fraction of sp³-hybridized carbons (Fsp3) is 0.429. The molecule has 0 bridgehead atoms. The molecule has 0 spiro atoms. The smallest absolute Gasteiger partial charge is 0.256 e. The highest BCUT2D eigenvalue weighted by Crippen LogP contribution is 2.25. The molecule has 1 aromatic carbocycles. The SMILES string of the molecule is CCNC(C)(CCSc1nc2ccccc2o1)C(N)=O. The maximum atomic E-state index is 11.5. The number of nitrogens with zero attached hydrogens (tertiary/aromatic N) is 1. The Hall–Kier alpha value is -1.53. The van der Waals surface area contributed by atoms with Crippen LogP contribution in [0.3, 0.4) is 0 Å². The molecular weight excluding hydrogens is 274 g/mol. The number of fused-ring (bicyclic) bond motifs is 1. The fourth-order valence-electron chi connectivity index (χ4n) is 1.94. The van der Waals surface area contributed by atoms with E-state index in [1.165, 1.54) is 11.8 Å². The van der Waals surface area contributed by atoms with Crippen LogP contribution in [0.4, 0.5) is 0 Å². The summed E-state index contributed by atoms with van der Waals surface area (Å²) in [5.41, 5.74) is 6.39. The molecule has 108 valence electrons. The Balaban J connectivity index is 1.96. The van der Waals surface area contributed by atoms with Gasteiger partial charge in [0.05, 0.1) is 5.54 Å². The number of amides is 1. The van der Waals surface area contributed by atoms with E-state index in [0.717, 1.165) is 11.1 Å². The number of likely N-dealkylation sites (N-methyl/N-ethyl adjacent to an activating group) is 1. The average molecular weight is 293 g/mol. The monoisotopic (exact) mass is 293 g/mol. The normalized spacial score (nSPS) is 14.3. The van der Waals surface area contributed by atoms with Gasteiger partial charge in [-0.2, -0.15) is 0 Å². The largest absolute Gasteiger partial charge is 0.431 e. The molecule has 0 aliphatic carbocycles. The molecule has 6 heteroatoms. The number of nitrogens with two attached hydrogens (primary N) is 1. The summed E-state index contributed by atoms with van der Waals surface area (Å²) in [5, 5.41) is 3.75. The number of benzene rings is 1. The molecular formula is C14H19N3O2S. The molecule has 1 atom stereocenters. The Labute approximate surface area is 122 Å². The van der Waals surface area contributed by atoms with Gasteiger partial charge in [0.2, 0.25) is 5.91 Å². The molecule has 0 saturated carbocycles. The minimum atomic E-state index is -0.687. The first-order valence-electron chi connectivity index (χ1n) is 6.58. The van der Waals surface area contributed by atoms with Crippen molar-refractivity contribution in [2.24, 2.45) is 5.73 Å². The summed E-state index contributed by atoms with van der Waals surface area (Å²) in [7, 11) is 0. The molecule has 0 aliphatic rings. The number of thioether (sulfide) groups is 1. The van der Waals surface area contributed by atoms with Gasteiger partial charge in [0.25, 0.3) is 5.22 Å². The lowest BCUT2D eigenvalue weighted by Gasteiger charge is -2.26. The molecule has 2 rings (SSSR count). The van der Waals surface area contributed by atoms with E-state index in [-0.39, 0.29) is 5.91 Å². The number of primary amides is 1. The molecule has 1 heterocycles. The number of oxazole rings is 1. The maximum absolute atomic E-state index is 11.5. The zero-order chi connectivity index (χ0) is 14.6. The standard InChI is InChI=1S/C14H19N3O2S/c1-3-16-14(2,12(15)18)8-9-20-13-17-10-6-4-5-7-11(10)19-13/h4-7,16H,3,8-9H2,1-2H3,(H2,15,18). The maximum Gasteiger partial charge on any atom is 0.256 e. The number of nitrogens with one attached hydrogen (secondary N) is 1. The molecule has 0 fully saturated rings. The summed E-state index contributed by atoms with van der Waals surface area (Å²) in [4.78, 5) is 15.9. The van der Waals surface area contributed by atoms with Crippen molar-refractivity contribution in [1.82, 2.24) is 10.3 Å². The second-order valence-electron chi connectivity index (χ2n) is 4.77. The zero-order valence-electron chi connectivity index (χ0n) is 11.7. The van der Waals surface area contributed by atoms with Crippen LogP contribution in [0, 0.1) is 0 Å². The lowest BCUT2D eigenvalue weighted by atomic mass is 9.98. The summed E-state index contributed by atoms with van der Waals surface area (Å²) in [6, 6.07) is 7.64. The highest BCUT2D eigenvalue weighted by atomic mass is 32.2. The third kappa shape index (κ3) is 3.32. The summed E-state index contributed by atoms with van der Waals surface area (Å²) in [6.07, 6.45) is 0.625. The Bertz CT molecular complexity index is 566. The van der Waals surface area contributed by atoms with Gasteiger partial charge in [-0.1, -0.05) is 30.8 Å². The molecule has 3 N–H and O–H groups in total. The van der Waals surface area contributed by atoms with Crippen LogP contribution in [-0.2, 0) is 4.79 Å². The van der Waals surface area contributed by atoms with E-state index in [1.54, 1.807) is 0 Å². The predicted octanol–water partition coefficient (Wildman–Crippen LogP) is 2.16. The van der Waals surface area contributed by atoms with Gasteiger partial charge in [0.1, 0.15) is 5.52 Å². The van der Waals surface area contributed by atoms with Gasteiger partial charge in [0.15, 0.2) is 5.58 Å². The predicted molar refractivity (Wildman–Crippen MR) is 80.6 cm³/mol. The number of hydrogen-bond acceptors (Lipinski definition) is 5. The minimum absolute atomic E-state index is 0.336. The lowest BCUT2D eigenvalue weighted by Crippen LogP contribution is -2.53. The Kier molecular flexibility index (Phi) is 4.67. The van der Waals surface area contributed by atoms with Crippen molar-refractivity contribution < 1.29 is 9.21 Å². The number of hydrogen-bond donors (Lipinski definition) is 2. The fourth-order valence-corrected chi connectivity index (χ4v) is 2.94. The summed E-state index contributed by atoms with van der Waals surface area (Å²) in [6.45, 7) is 4.48. The van der Waals surface area contributed by atoms with Gasteiger partial charge < -0.3 is 15.5 Å². The van der Waals surface area contributed by atoms with E-state index < -0.39 is 5.54 Å². The Morgan fingerprint density at radius 3 is 2.90 bits per heavy atom.